The lowest BCUT2D eigenvalue weighted by molar-refractivity contribution is -0.142. The van der Waals surface area contributed by atoms with Gasteiger partial charge in [-0.1, -0.05) is 98.6 Å². The van der Waals surface area contributed by atoms with Crippen LogP contribution in [0.1, 0.15) is 55.2 Å². The van der Waals surface area contributed by atoms with Crippen LogP contribution in [0.2, 0.25) is 0 Å². The minimum Gasteiger partial charge on any atom is -0.480 e. The van der Waals surface area contributed by atoms with Crippen LogP contribution in [0.15, 0.2) is 78.9 Å². The number of nitrogens with zero attached hydrogens (tertiary/aromatic N) is 1. The number of hydrogen-bond donors (Lipinski definition) is 3. The van der Waals surface area contributed by atoms with Crippen LogP contribution in [0, 0.1) is 0 Å². The van der Waals surface area contributed by atoms with E-state index in [2.05, 4.69) is 34.9 Å². The van der Waals surface area contributed by atoms with Crippen molar-refractivity contribution in [2.75, 3.05) is 20.2 Å². The van der Waals surface area contributed by atoms with Gasteiger partial charge < -0.3 is 20.5 Å². The van der Waals surface area contributed by atoms with E-state index < -0.39 is 30.1 Å². The molecule has 1 unspecified atom stereocenters. The Morgan fingerprint density at radius 1 is 0.902 bits per heavy atom. The number of hydrogen-bond acceptors (Lipinski definition) is 5. The maximum atomic E-state index is 12.9. The lowest BCUT2D eigenvalue weighted by Gasteiger charge is -2.24. The molecular weight excluding hydrogens is 518 g/mol. The summed E-state index contributed by atoms with van der Waals surface area (Å²) in [6, 6.07) is 24.5. The Kier molecular flexibility index (Phi) is 10.5. The molecule has 0 bridgehead atoms. The number of rotatable bonds is 14. The molecule has 0 radical (unpaired) electrons. The number of carboxylic acids is 1. The van der Waals surface area contributed by atoms with E-state index in [4.69, 9.17) is 4.74 Å². The summed E-state index contributed by atoms with van der Waals surface area (Å²) in [5.41, 5.74) is 5.60. The van der Waals surface area contributed by atoms with Gasteiger partial charge in [-0.2, -0.15) is 0 Å². The van der Waals surface area contributed by atoms with Crippen molar-refractivity contribution >= 4 is 18.0 Å². The van der Waals surface area contributed by atoms with Crippen molar-refractivity contribution in [3.63, 3.8) is 0 Å². The van der Waals surface area contributed by atoms with Crippen molar-refractivity contribution in [2.45, 2.75) is 57.2 Å². The van der Waals surface area contributed by atoms with E-state index >= 15 is 0 Å². The second-order valence-corrected chi connectivity index (χ2v) is 10.7. The number of unbranched alkanes of at least 4 members (excludes halogenated alkanes) is 1. The summed E-state index contributed by atoms with van der Waals surface area (Å²) < 4.78 is 5.68. The van der Waals surface area contributed by atoms with Gasteiger partial charge in [-0.05, 0) is 41.3 Å². The largest absolute Gasteiger partial charge is 0.480 e. The molecule has 0 spiro atoms. The van der Waals surface area contributed by atoms with E-state index in [1.165, 1.54) is 0 Å². The summed E-state index contributed by atoms with van der Waals surface area (Å²) in [4.78, 5) is 39.5. The minimum absolute atomic E-state index is 0.0314. The molecule has 4 rings (SSSR count). The smallest absolute Gasteiger partial charge is 0.407 e. The lowest BCUT2D eigenvalue weighted by atomic mass is 9.98. The summed E-state index contributed by atoms with van der Waals surface area (Å²) in [6.45, 7) is 2.92. The number of fused-ring (bicyclic) bond motifs is 3. The van der Waals surface area contributed by atoms with Gasteiger partial charge in [-0.25, -0.2) is 9.59 Å². The monoisotopic (exact) mass is 557 g/mol. The number of alkyl carbamates (subject to hydrolysis) is 1. The van der Waals surface area contributed by atoms with Crippen LogP contribution in [0.5, 0.6) is 0 Å². The fourth-order valence-corrected chi connectivity index (χ4v) is 5.42. The first-order valence-corrected chi connectivity index (χ1v) is 14.2. The topological polar surface area (TPSA) is 108 Å². The number of nitrogens with one attached hydrogen (secondary N) is 2. The fourth-order valence-electron chi connectivity index (χ4n) is 5.42. The molecule has 0 saturated carbocycles. The number of carbonyl (C=O) groups is 3. The molecule has 8 nitrogen and oxygen atoms in total. The molecule has 0 heterocycles. The van der Waals surface area contributed by atoms with Gasteiger partial charge in [0.2, 0.25) is 5.91 Å². The average molecular weight is 558 g/mol. The van der Waals surface area contributed by atoms with Crippen LogP contribution in [0.4, 0.5) is 4.79 Å². The first-order chi connectivity index (χ1) is 19.9. The maximum absolute atomic E-state index is 12.9. The second-order valence-electron chi connectivity index (χ2n) is 10.7. The van der Waals surface area contributed by atoms with Crippen molar-refractivity contribution in [1.82, 2.24) is 15.5 Å². The van der Waals surface area contributed by atoms with Gasteiger partial charge in [0.05, 0.1) is 0 Å². The van der Waals surface area contributed by atoms with Crippen molar-refractivity contribution < 1.29 is 24.2 Å². The average Bonchev–Trinajstić information content (AvgIpc) is 3.28. The van der Waals surface area contributed by atoms with Crippen LogP contribution in [-0.2, 0) is 20.9 Å². The Labute approximate surface area is 241 Å². The van der Waals surface area contributed by atoms with Crippen LogP contribution < -0.4 is 10.6 Å². The summed E-state index contributed by atoms with van der Waals surface area (Å²) >= 11 is 0. The highest BCUT2D eigenvalue weighted by Gasteiger charge is 2.30. The lowest BCUT2D eigenvalue weighted by Crippen LogP contribution is -2.49. The van der Waals surface area contributed by atoms with Gasteiger partial charge >= 0.3 is 12.1 Å². The van der Waals surface area contributed by atoms with Gasteiger partial charge in [0.15, 0.2) is 0 Å². The normalized spacial score (nSPS) is 13.6. The van der Waals surface area contributed by atoms with Crippen LogP contribution in [-0.4, -0.2) is 60.3 Å². The Balaban J connectivity index is 1.32. The molecule has 8 heteroatoms. The summed E-state index contributed by atoms with van der Waals surface area (Å²) in [5.74, 6) is -1.59. The molecule has 3 N–H and O–H groups in total. The van der Waals surface area contributed by atoms with Gasteiger partial charge in [-0.15, -0.1) is 0 Å². The predicted octanol–water partition coefficient (Wildman–Crippen LogP) is 5.18. The van der Waals surface area contributed by atoms with Gasteiger partial charge in [0.1, 0.15) is 12.6 Å². The number of benzene rings is 3. The molecule has 2 atom stereocenters. The van der Waals surface area contributed by atoms with E-state index in [1.807, 2.05) is 73.5 Å². The third-order valence-electron chi connectivity index (χ3n) is 7.43. The Morgan fingerprint density at radius 2 is 1.51 bits per heavy atom. The maximum Gasteiger partial charge on any atom is 0.407 e. The standard InChI is InChI=1S/C33H39N3O5/c1-3-4-14-24(19-31(37)35-30(32(38)39)21-36(2)20-23-12-6-5-7-13-23)34-33(40)41-22-29-27-17-10-8-15-25(27)26-16-9-11-18-28(26)29/h5-13,15-18,24,29-30H,3-4,14,19-22H2,1-2H3,(H,34,40)(H,35,37)(H,38,39)/t24-,30?/m1/s1. The molecule has 3 aromatic rings. The molecule has 0 fully saturated rings. The van der Waals surface area contributed by atoms with Crippen LogP contribution in [0.3, 0.4) is 0 Å². The van der Waals surface area contributed by atoms with E-state index in [0.29, 0.717) is 13.0 Å². The third kappa shape index (κ3) is 8.17. The van der Waals surface area contributed by atoms with Crippen LogP contribution in [0.25, 0.3) is 11.1 Å². The zero-order valence-corrected chi connectivity index (χ0v) is 23.7. The Bertz CT molecular complexity index is 1280. The zero-order chi connectivity index (χ0) is 29.2. The predicted molar refractivity (Wildman–Crippen MR) is 158 cm³/mol. The highest BCUT2D eigenvalue weighted by Crippen LogP contribution is 2.44. The molecule has 3 aromatic carbocycles. The van der Waals surface area contributed by atoms with E-state index in [0.717, 1.165) is 40.7 Å². The molecule has 0 saturated heterocycles. The highest BCUT2D eigenvalue weighted by molar-refractivity contribution is 5.84. The van der Waals surface area contributed by atoms with E-state index in [-0.39, 0.29) is 25.5 Å². The number of aliphatic carboxylic acids is 1. The van der Waals surface area contributed by atoms with Crippen LogP contribution >= 0.6 is 0 Å². The number of likely N-dealkylation sites (N-methyl/N-ethyl adjacent to an activating group) is 1. The summed E-state index contributed by atoms with van der Waals surface area (Å²) in [6.07, 6.45) is 1.67. The first-order valence-electron chi connectivity index (χ1n) is 14.2. The number of ether oxygens (including phenoxy) is 1. The number of carbonyl (C=O) groups excluding carboxylic acids is 2. The van der Waals surface area contributed by atoms with Crippen molar-refractivity contribution in [2.24, 2.45) is 0 Å². The second kappa shape index (κ2) is 14.5. The van der Waals surface area contributed by atoms with Crippen molar-refractivity contribution in [1.29, 1.82) is 0 Å². The molecule has 1 aliphatic rings. The highest BCUT2D eigenvalue weighted by atomic mass is 16.5. The number of amides is 2. The Hall–Kier alpha value is -4.17. The molecule has 0 aliphatic heterocycles. The fraction of sp³-hybridized carbons (Fsp3) is 0.364. The summed E-state index contributed by atoms with van der Waals surface area (Å²) in [5, 5.41) is 15.2. The van der Waals surface area contributed by atoms with Gasteiger partial charge in [0, 0.05) is 31.5 Å². The quantitative estimate of drug-likeness (QED) is 0.252. The van der Waals surface area contributed by atoms with Crippen molar-refractivity contribution in [3.05, 3.63) is 95.6 Å². The zero-order valence-electron chi connectivity index (χ0n) is 23.7. The van der Waals surface area contributed by atoms with E-state index in [1.54, 1.807) is 0 Å². The minimum atomic E-state index is -1.10. The van der Waals surface area contributed by atoms with Gasteiger partial charge in [0.25, 0.3) is 0 Å². The van der Waals surface area contributed by atoms with E-state index in [9.17, 15) is 19.5 Å². The SMILES string of the molecule is CCCC[C@H](CC(=O)NC(CN(C)Cc1ccccc1)C(=O)O)NC(=O)OCC1c2ccccc2-c2ccccc21. The van der Waals surface area contributed by atoms with Crippen molar-refractivity contribution in [3.8, 4) is 11.1 Å². The number of carboxylic acid groups (broad SMARTS) is 1. The molecule has 41 heavy (non-hydrogen) atoms. The summed E-state index contributed by atoms with van der Waals surface area (Å²) in [7, 11) is 1.82. The molecule has 2 amide bonds. The third-order valence-corrected chi connectivity index (χ3v) is 7.43. The first kappa shape index (κ1) is 29.8. The molecule has 0 aromatic heterocycles. The molecule has 1 aliphatic carbocycles. The molecule has 216 valence electrons. The molecular formula is C33H39N3O5. The van der Waals surface area contributed by atoms with Gasteiger partial charge in [-0.3, -0.25) is 9.69 Å². The Morgan fingerprint density at radius 3 is 2.12 bits per heavy atom.